The number of aryl methyl sites for hydroxylation is 1. The molecule has 4 N–H and O–H groups in total. The molecule has 0 aliphatic heterocycles. The second kappa shape index (κ2) is 20.2. The summed E-state index contributed by atoms with van der Waals surface area (Å²) in [5.41, 5.74) is 1.87. The van der Waals surface area contributed by atoms with Crippen LogP contribution in [0.4, 0.5) is 0 Å². The molecule has 0 aliphatic carbocycles. The second-order valence-electron chi connectivity index (χ2n) is 11.2. The predicted octanol–water partition coefficient (Wildman–Crippen LogP) is 9.61. The van der Waals surface area contributed by atoms with Gasteiger partial charge in [-0.25, -0.2) is 8.42 Å². The minimum Gasteiger partial charge on any atom is -0.744 e. The third-order valence-electron chi connectivity index (χ3n) is 6.94. The molecule has 0 unspecified atom stereocenters. The first-order valence-electron chi connectivity index (χ1n) is 14.3. The molecule has 0 spiro atoms. The Labute approximate surface area is 218 Å². The van der Waals surface area contributed by atoms with Crippen molar-refractivity contribution in [3.63, 3.8) is 0 Å². The van der Waals surface area contributed by atoms with E-state index in [0.717, 1.165) is 48.6 Å². The number of hydrogen-bond donors (Lipinski definition) is 1. The van der Waals surface area contributed by atoms with Gasteiger partial charge in [-0.1, -0.05) is 130 Å². The summed E-state index contributed by atoms with van der Waals surface area (Å²) in [4.78, 5) is 0.0174. The zero-order chi connectivity index (χ0) is 25.2. The van der Waals surface area contributed by atoms with E-state index in [1.54, 1.807) is 6.07 Å². The molecule has 0 saturated carbocycles. The quantitative estimate of drug-likeness (QED) is 0.131. The van der Waals surface area contributed by atoms with E-state index in [1.807, 2.05) is 6.07 Å². The highest BCUT2D eigenvalue weighted by atomic mass is 32.2. The van der Waals surface area contributed by atoms with Crippen molar-refractivity contribution in [2.24, 2.45) is 11.8 Å². The van der Waals surface area contributed by atoms with Crippen LogP contribution in [0.25, 0.3) is 0 Å². The van der Waals surface area contributed by atoms with Crippen molar-refractivity contribution in [3.8, 4) is 0 Å². The molecule has 0 radical (unpaired) electrons. The smallest absolute Gasteiger partial charge is 0.124 e. The van der Waals surface area contributed by atoms with Gasteiger partial charge in [0.2, 0.25) is 0 Å². The molecule has 4 nitrogen and oxygen atoms in total. The van der Waals surface area contributed by atoms with Gasteiger partial charge in [-0.05, 0) is 54.7 Å². The summed E-state index contributed by atoms with van der Waals surface area (Å²) < 4.78 is 35.6. The van der Waals surface area contributed by atoms with E-state index in [1.165, 1.54) is 89.5 Å². The van der Waals surface area contributed by atoms with Crippen LogP contribution in [-0.4, -0.2) is 13.0 Å². The normalized spacial score (nSPS) is 11.9. The van der Waals surface area contributed by atoms with E-state index < -0.39 is 10.1 Å². The zero-order valence-electron chi connectivity index (χ0n) is 23.7. The number of rotatable bonds is 21. The zero-order valence-corrected chi connectivity index (χ0v) is 24.6. The van der Waals surface area contributed by atoms with Crippen LogP contribution in [-0.2, 0) is 23.0 Å². The van der Waals surface area contributed by atoms with E-state index in [9.17, 15) is 13.0 Å². The van der Waals surface area contributed by atoms with Gasteiger partial charge in [0.25, 0.3) is 0 Å². The molecule has 35 heavy (non-hydrogen) atoms. The molecule has 0 saturated heterocycles. The lowest BCUT2D eigenvalue weighted by Crippen LogP contribution is -2.07. The molecular weight excluding hydrogens is 454 g/mol. The van der Waals surface area contributed by atoms with Gasteiger partial charge in [0.1, 0.15) is 10.1 Å². The van der Waals surface area contributed by atoms with Crippen LogP contribution in [0.2, 0.25) is 0 Å². The molecule has 0 aliphatic rings. The molecule has 206 valence electrons. The van der Waals surface area contributed by atoms with E-state index in [4.69, 9.17) is 0 Å². The maximum Gasteiger partial charge on any atom is 0.124 e. The van der Waals surface area contributed by atoms with Gasteiger partial charge in [0, 0.05) is 0 Å². The van der Waals surface area contributed by atoms with Crippen LogP contribution in [0.5, 0.6) is 0 Å². The lowest BCUT2D eigenvalue weighted by molar-refractivity contribution is 0.461. The largest absolute Gasteiger partial charge is 0.744 e. The Bertz CT molecular complexity index is 744. The van der Waals surface area contributed by atoms with Gasteiger partial charge in [0.15, 0.2) is 0 Å². The Morgan fingerprint density at radius 3 is 1.46 bits per heavy atom. The van der Waals surface area contributed by atoms with Gasteiger partial charge >= 0.3 is 0 Å². The summed E-state index contributed by atoms with van der Waals surface area (Å²) in [6.07, 6.45) is 21.5. The first-order valence-corrected chi connectivity index (χ1v) is 15.7. The van der Waals surface area contributed by atoms with Crippen molar-refractivity contribution in [2.45, 2.75) is 148 Å². The molecule has 1 rings (SSSR count). The van der Waals surface area contributed by atoms with Gasteiger partial charge in [0.05, 0.1) is 4.90 Å². The average molecular weight is 512 g/mol. The van der Waals surface area contributed by atoms with Crippen LogP contribution in [0, 0.1) is 11.8 Å². The Kier molecular flexibility index (Phi) is 19.7. The monoisotopic (exact) mass is 511 g/mol. The van der Waals surface area contributed by atoms with Crippen LogP contribution in [0.1, 0.15) is 142 Å². The standard InChI is InChI=1S/C30H54O3S.H3N/c1-26(2)20-15-11-7-5-9-13-17-22-28-23-19-25-30(34(31,32)33)29(28)24-18-14-10-6-8-12-16-21-27(3)4;/h19,23,25-27H,5-18,20-22,24H2,1-4H3,(H,31,32,33);1H3. The summed E-state index contributed by atoms with van der Waals surface area (Å²) in [6.45, 7) is 9.14. The Morgan fingerprint density at radius 2 is 1.03 bits per heavy atom. The number of hydrogen-bond acceptors (Lipinski definition) is 3. The maximum absolute atomic E-state index is 11.9. The second-order valence-corrected chi connectivity index (χ2v) is 12.5. The minimum absolute atomic E-state index is 0. The number of quaternary nitrogens is 1. The third kappa shape index (κ3) is 17.2. The highest BCUT2D eigenvalue weighted by Gasteiger charge is 2.13. The lowest BCUT2D eigenvalue weighted by Gasteiger charge is -2.17. The average Bonchev–Trinajstić information content (AvgIpc) is 2.76. The Balaban J connectivity index is 0.0000116. The van der Waals surface area contributed by atoms with Crippen molar-refractivity contribution in [2.75, 3.05) is 0 Å². The van der Waals surface area contributed by atoms with Crippen molar-refractivity contribution in [3.05, 3.63) is 29.3 Å². The first-order chi connectivity index (χ1) is 16.2. The summed E-state index contributed by atoms with van der Waals surface area (Å²) >= 11 is 0. The molecular formula is C30H57NO3S. The predicted molar refractivity (Wildman–Crippen MR) is 151 cm³/mol. The fraction of sp³-hybridized carbons (Fsp3) is 0.800. The summed E-state index contributed by atoms with van der Waals surface area (Å²) in [7, 11) is -4.43. The van der Waals surface area contributed by atoms with Crippen molar-refractivity contribution < 1.29 is 13.0 Å². The van der Waals surface area contributed by atoms with Crippen molar-refractivity contribution in [1.29, 1.82) is 0 Å². The van der Waals surface area contributed by atoms with Crippen LogP contribution in [0.3, 0.4) is 0 Å². The Morgan fingerprint density at radius 1 is 0.629 bits per heavy atom. The van der Waals surface area contributed by atoms with Gasteiger partial charge in [-0.2, -0.15) is 0 Å². The van der Waals surface area contributed by atoms with E-state index in [2.05, 4.69) is 27.7 Å². The summed E-state index contributed by atoms with van der Waals surface area (Å²) in [6, 6.07) is 5.28. The topological polar surface area (TPSA) is 93.7 Å². The Hall–Kier alpha value is -0.910. The number of benzene rings is 1. The minimum atomic E-state index is -4.43. The molecule has 0 aromatic heterocycles. The SMILES string of the molecule is CC(C)CCCCCCCCCc1cccc(S(=O)(=O)[O-])c1CCCCCCCCCC(C)C.[NH4+]. The molecule has 1 aromatic carbocycles. The van der Waals surface area contributed by atoms with Crippen molar-refractivity contribution in [1.82, 2.24) is 6.15 Å². The number of unbranched alkanes of at least 4 members (excludes halogenated alkanes) is 12. The van der Waals surface area contributed by atoms with Gasteiger partial charge in [-0.15, -0.1) is 0 Å². The maximum atomic E-state index is 11.9. The van der Waals surface area contributed by atoms with E-state index >= 15 is 0 Å². The van der Waals surface area contributed by atoms with Crippen LogP contribution in [0.15, 0.2) is 23.1 Å². The van der Waals surface area contributed by atoms with Crippen LogP contribution >= 0.6 is 0 Å². The highest BCUT2D eigenvalue weighted by Crippen LogP contribution is 2.25. The van der Waals surface area contributed by atoms with Crippen LogP contribution < -0.4 is 6.15 Å². The van der Waals surface area contributed by atoms with E-state index in [0.29, 0.717) is 6.42 Å². The molecule has 0 amide bonds. The molecule has 0 atom stereocenters. The lowest BCUT2D eigenvalue weighted by atomic mass is 9.96. The fourth-order valence-corrected chi connectivity index (χ4v) is 5.63. The van der Waals surface area contributed by atoms with Gasteiger partial charge in [-0.3, -0.25) is 0 Å². The molecule has 0 bridgehead atoms. The summed E-state index contributed by atoms with van der Waals surface area (Å²) in [5.74, 6) is 1.61. The van der Waals surface area contributed by atoms with E-state index in [-0.39, 0.29) is 11.0 Å². The fourth-order valence-electron chi connectivity index (χ4n) is 4.85. The molecule has 0 fully saturated rings. The molecule has 0 heterocycles. The third-order valence-corrected chi connectivity index (χ3v) is 7.86. The van der Waals surface area contributed by atoms with Crippen molar-refractivity contribution >= 4 is 10.1 Å². The summed E-state index contributed by atoms with van der Waals surface area (Å²) in [5, 5.41) is 0. The highest BCUT2D eigenvalue weighted by molar-refractivity contribution is 7.85. The molecule has 5 heteroatoms. The first kappa shape index (κ1) is 34.1. The molecule has 1 aromatic rings. The van der Waals surface area contributed by atoms with Gasteiger partial charge < -0.3 is 10.7 Å².